The van der Waals surface area contributed by atoms with Gasteiger partial charge < -0.3 is 10.3 Å². The molecule has 19 heavy (non-hydrogen) atoms. The second-order valence-electron chi connectivity index (χ2n) is 5.49. The van der Waals surface area contributed by atoms with E-state index in [-0.39, 0.29) is 0 Å². The molecule has 100 valence electrons. The average Bonchev–Trinajstić information content (AvgIpc) is 2.88. The minimum atomic E-state index is 0.643. The number of hydrogen-bond donors (Lipinski definition) is 1. The van der Waals surface area contributed by atoms with E-state index < -0.39 is 0 Å². The summed E-state index contributed by atoms with van der Waals surface area (Å²) in [7, 11) is 0. The van der Waals surface area contributed by atoms with Gasteiger partial charge in [0, 0.05) is 30.5 Å². The topological polar surface area (TPSA) is 43.8 Å². The number of rotatable bonds is 3. The first-order chi connectivity index (χ1) is 9.33. The van der Waals surface area contributed by atoms with Crippen molar-refractivity contribution in [1.82, 2.24) is 9.55 Å². The SMILES string of the molecule is Nc1cccc(Cn2ccnc2C2CCCCC2)c1. The fraction of sp³-hybridized carbons (Fsp3) is 0.438. The van der Waals surface area contributed by atoms with E-state index in [1.165, 1.54) is 43.5 Å². The van der Waals surface area contributed by atoms with Gasteiger partial charge in [-0.1, -0.05) is 31.4 Å². The van der Waals surface area contributed by atoms with Crippen LogP contribution in [0.5, 0.6) is 0 Å². The normalized spacial score (nSPS) is 16.6. The molecule has 0 spiro atoms. The van der Waals surface area contributed by atoms with Gasteiger partial charge in [0.1, 0.15) is 5.82 Å². The molecular formula is C16H21N3. The van der Waals surface area contributed by atoms with Gasteiger partial charge in [0.25, 0.3) is 0 Å². The third-order valence-electron chi connectivity index (χ3n) is 4.02. The first-order valence-corrected chi connectivity index (χ1v) is 7.18. The van der Waals surface area contributed by atoms with E-state index in [1.807, 2.05) is 24.4 Å². The quantitative estimate of drug-likeness (QED) is 0.852. The second-order valence-corrected chi connectivity index (χ2v) is 5.49. The van der Waals surface area contributed by atoms with Gasteiger partial charge >= 0.3 is 0 Å². The number of nitrogens with zero attached hydrogens (tertiary/aromatic N) is 2. The van der Waals surface area contributed by atoms with E-state index in [0.717, 1.165) is 12.2 Å². The van der Waals surface area contributed by atoms with Gasteiger partial charge in [0.05, 0.1) is 0 Å². The first kappa shape index (κ1) is 12.3. The molecule has 2 aromatic rings. The summed E-state index contributed by atoms with van der Waals surface area (Å²) >= 11 is 0. The smallest absolute Gasteiger partial charge is 0.112 e. The zero-order valence-corrected chi connectivity index (χ0v) is 11.3. The molecule has 1 aliphatic carbocycles. The number of imidazole rings is 1. The van der Waals surface area contributed by atoms with E-state index in [2.05, 4.69) is 21.8 Å². The molecule has 1 aromatic heterocycles. The highest BCUT2D eigenvalue weighted by Gasteiger charge is 2.19. The maximum atomic E-state index is 5.84. The van der Waals surface area contributed by atoms with E-state index >= 15 is 0 Å². The molecule has 0 aliphatic heterocycles. The van der Waals surface area contributed by atoms with Gasteiger partial charge in [-0.15, -0.1) is 0 Å². The van der Waals surface area contributed by atoms with Crippen LogP contribution in [0.1, 0.15) is 49.4 Å². The molecule has 2 N–H and O–H groups in total. The van der Waals surface area contributed by atoms with Crippen LogP contribution < -0.4 is 5.73 Å². The molecular weight excluding hydrogens is 234 g/mol. The zero-order valence-electron chi connectivity index (χ0n) is 11.3. The summed E-state index contributed by atoms with van der Waals surface area (Å²) < 4.78 is 2.28. The molecule has 1 aliphatic rings. The van der Waals surface area contributed by atoms with Crippen molar-refractivity contribution in [3.05, 3.63) is 48.0 Å². The first-order valence-electron chi connectivity index (χ1n) is 7.18. The summed E-state index contributed by atoms with van der Waals surface area (Å²) in [5.41, 5.74) is 7.92. The standard InChI is InChI=1S/C16H21N3/c17-15-8-4-5-13(11-15)12-19-10-9-18-16(19)14-6-2-1-3-7-14/h4-5,8-11,14H,1-3,6-7,12,17H2. The Kier molecular flexibility index (Phi) is 3.53. The van der Waals surface area contributed by atoms with Crippen molar-refractivity contribution in [3.63, 3.8) is 0 Å². The Labute approximate surface area is 114 Å². The van der Waals surface area contributed by atoms with Crippen molar-refractivity contribution in [2.45, 2.75) is 44.6 Å². The van der Waals surface area contributed by atoms with Crippen LogP contribution in [0, 0.1) is 0 Å². The molecule has 1 aromatic carbocycles. The third kappa shape index (κ3) is 2.80. The molecule has 1 saturated carbocycles. The molecule has 0 atom stereocenters. The van der Waals surface area contributed by atoms with Gasteiger partial charge in [-0.25, -0.2) is 4.98 Å². The monoisotopic (exact) mass is 255 g/mol. The lowest BCUT2D eigenvalue weighted by atomic mass is 9.88. The second kappa shape index (κ2) is 5.47. The summed E-state index contributed by atoms with van der Waals surface area (Å²) in [5.74, 6) is 1.90. The van der Waals surface area contributed by atoms with Gasteiger partial charge in [-0.05, 0) is 30.5 Å². The Morgan fingerprint density at radius 2 is 2.05 bits per heavy atom. The van der Waals surface area contributed by atoms with Crippen molar-refractivity contribution in [2.24, 2.45) is 0 Å². The Morgan fingerprint density at radius 1 is 1.21 bits per heavy atom. The summed E-state index contributed by atoms with van der Waals surface area (Å²) in [6.45, 7) is 0.872. The number of benzene rings is 1. The third-order valence-corrected chi connectivity index (χ3v) is 4.02. The van der Waals surface area contributed by atoms with Gasteiger partial charge in [0.2, 0.25) is 0 Å². The fourth-order valence-electron chi connectivity index (χ4n) is 3.06. The number of anilines is 1. The van der Waals surface area contributed by atoms with Crippen LogP contribution in [0.25, 0.3) is 0 Å². The van der Waals surface area contributed by atoms with Crippen LogP contribution in [0.15, 0.2) is 36.7 Å². The summed E-state index contributed by atoms with van der Waals surface area (Å²) in [5, 5.41) is 0. The fourth-order valence-corrected chi connectivity index (χ4v) is 3.06. The van der Waals surface area contributed by atoms with Crippen molar-refractivity contribution in [3.8, 4) is 0 Å². The molecule has 0 saturated heterocycles. The van der Waals surface area contributed by atoms with Crippen molar-refractivity contribution >= 4 is 5.69 Å². The number of nitrogen functional groups attached to an aromatic ring is 1. The van der Waals surface area contributed by atoms with E-state index in [1.54, 1.807) is 0 Å². The molecule has 0 radical (unpaired) electrons. The summed E-state index contributed by atoms with van der Waals surface area (Å²) in [6.07, 6.45) is 10.7. The lowest BCUT2D eigenvalue weighted by molar-refractivity contribution is 0.418. The predicted octanol–water partition coefficient (Wildman–Crippen LogP) is 3.56. The minimum absolute atomic E-state index is 0.643. The van der Waals surface area contributed by atoms with Crippen molar-refractivity contribution < 1.29 is 0 Å². The molecule has 0 amide bonds. The number of hydrogen-bond acceptors (Lipinski definition) is 2. The highest BCUT2D eigenvalue weighted by Crippen LogP contribution is 2.31. The maximum Gasteiger partial charge on any atom is 0.112 e. The van der Waals surface area contributed by atoms with Crippen LogP contribution in [0.4, 0.5) is 5.69 Å². The molecule has 0 bridgehead atoms. The summed E-state index contributed by atoms with van der Waals surface area (Å²) in [6, 6.07) is 8.12. The number of nitrogens with two attached hydrogens (primary N) is 1. The van der Waals surface area contributed by atoms with Crippen LogP contribution in [0.3, 0.4) is 0 Å². The van der Waals surface area contributed by atoms with Crippen LogP contribution in [-0.4, -0.2) is 9.55 Å². The van der Waals surface area contributed by atoms with Crippen molar-refractivity contribution in [2.75, 3.05) is 5.73 Å². The Balaban J connectivity index is 1.80. The Morgan fingerprint density at radius 3 is 2.84 bits per heavy atom. The Hall–Kier alpha value is -1.77. The van der Waals surface area contributed by atoms with E-state index in [4.69, 9.17) is 5.73 Å². The largest absolute Gasteiger partial charge is 0.399 e. The van der Waals surface area contributed by atoms with Gasteiger partial charge in [-0.2, -0.15) is 0 Å². The molecule has 1 heterocycles. The molecule has 3 heteroatoms. The lowest BCUT2D eigenvalue weighted by Gasteiger charge is -2.22. The van der Waals surface area contributed by atoms with Crippen LogP contribution in [0.2, 0.25) is 0 Å². The highest BCUT2D eigenvalue weighted by molar-refractivity contribution is 5.40. The van der Waals surface area contributed by atoms with Crippen molar-refractivity contribution in [1.29, 1.82) is 0 Å². The Bertz CT molecular complexity index is 538. The zero-order chi connectivity index (χ0) is 13.1. The maximum absolute atomic E-state index is 5.84. The predicted molar refractivity (Wildman–Crippen MR) is 78.0 cm³/mol. The van der Waals surface area contributed by atoms with Gasteiger partial charge in [-0.3, -0.25) is 0 Å². The molecule has 3 rings (SSSR count). The van der Waals surface area contributed by atoms with Gasteiger partial charge in [0.15, 0.2) is 0 Å². The molecule has 3 nitrogen and oxygen atoms in total. The highest BCUT2D eigenvalue weighted by atomic mass is 15.1. The minimum Gasteiger partial charge on any atom is -0.399 e. The summed E-state index contributed by atoms with van der Waals surface area (Å²) in [4.78, 5) is 4.59. The van der Waals surface area contributed by atoms with Crippen LogP contribution >= 0.6 is 0 Å². The van der Waals surface area contributed by atoms with Crippen LogP contribution in [-0.2, 0) is 6.54 Å². The lowest BCUT2D eigenvalue weighted by Crippen LogP contribution is -2.12. The number of aromatic nitrogens is 2. The van der Waals surface area contributed by atoms with E-state index in [0.29, 0.717) is 5.92 Å². The van der Waals surface area contributed by atoms with E-state index in [9.17, 15) is 0 Å². The molecule has 0 unspecified atom stereocenters. The average molecular weight is 255 g/mol. The molecule has 1 fully saturated rings.